The molecule has 0 fully saturated rings. The van der Waals surface area contributed by atoms with Crippen molar-refractivity contribution in [2.75, 3.05) is 13.1 Å². The van der Waals surface area contributed by atoms with E-state index in [1.807, 2.05) is 13.8 Å². The molecule has 4 heteroatoms. The van der Waals surface area contributed by atoms with E-state index in [9.17, 15) is 13.2 Å². The summed E-state index contributed by atoms with van der Waals surface area (Å²) in [4.78, 5) is 0. The van der Waals surface area contributed by atoms with E-state index in [1.54, 1.807) is 6.07 Å². The van der Waals surface area contributed by atoms with E-state index >= 15 is 0 Å². The van der Waals surface area contributed by atoms with Crippen LogP contribution in [0, 0.1) is 5.92 Å². The second kappa shape index (κ2) is 6.61. The maximum Gasteiger partial charge on any atom is 0.416 e. The molecule has 0 atom stereocenters. The number of nitrogens with one attached hydrogen (secondary N) is 1. The molecule has 1 N–H and O–H groups in total. The molecule has 0 bridgehead atoms. The Labute approximate surface area is 119 Å². The molecule has 1 nitrogen and oxygen atoms in total. The van der Waals surface area contributed by atoms with Crippen LogP contribution in [0.5, 0.6) is 0 Å². The summed E-state index contributed by atoms with van der Waals surface area (Å²) >= 11 is 0. The molecule has 0 spiro atoms. The maximum absolute atomic E-state index is 12.7. The molecule has 0 unspecified atom stereocenters. The quantitative estimate of drug-likeness (QED) is 0.753. The van der Waals surface area contributed by atoms with Gasteiger partial charge in [-0.05, 0) is 42.5 Å². The lowest BCUT2D eigenvalue weighted by atomic mass is 9.81. The van der Waals surface area contributed by atoms with Gasteiger partial charge in [-0.3, -0.25) is 0 Å². The van der Waals surface area contributed by atoms with Gasteiger partial charge < -0.3 is 5.32 Å². The summed E-state index contributed by atoms with van der Waals surface area (Å²) in [5.41, 5.74) is -0.109. The van der Waals surface area contributed by atoms with Gasteiger partial charge in [-0.15, -0.1) is 0 Å². The van der Waals surface area contributed by atoms with Crippen LogP contribution in [-0.2, 0) is 11.6 Å². The first-order valence-corrected chi connectivity index (χ1v) is 7.01. The van der Waals surface area contributed by atoms with Gasteiger partial charge >= 0.3 is 6.18 Å². The van der Waals surface area contributed by atoms with Crippen molar-refractivity contribution in [1.82, 2.24) is 5.32 Å². The summed E-state index contributed by atoms with van der Waals surface area (Å²) < 4.78 is 38.2. The smallest absolute Gasteiger partial charge is 0.316 e. The van der Waals surface area contributed by atoms with Gasteiger partial charge in [-0.1, -0.05) is 45.9 Å². The predicted octanol–water partition coefficient (Wildman–Crippen LogP) is 4.62. The third-order valence-electron chi connectivity index (χ3n) is 3.45. The van der Waals surface area contributed by atoms with Crippen LogP contribution in [0.3, 0.4) is 0 Å². The second-order valence-corrected chi connectivity index (χ2v) is 6.31. The highest BCUT2D eigenvalue weighted by atomic mass is 19.4. The number of halogens is 3. The minimum atomic E-state index is -4.28. The highest BCUT2D eigenvalue weighted by Crippen LogP contribution is 2.33. The van der Waals surface area contributed by atoms with Gasteiger partial charge in [0, 0.05) is 0 Å². The van der Waals surface area contributed by atoms with E-state index in [-0.39, 0.29) is 5.41 Å². The SMILES string of the molecule is CC(C)CNCCC(C)(C)c1cccc(C(F)(F)F)c1. The molecule has 0 saturated heterocycles. The van der Waals surface area contributed by atoms with Gasteiger partial charge in [0.1, 0.15) is 0 Å². The van der Waals surface area contributed by atoms with Crippen LogP contribution < -0.4 is 5.32 Å². The van der Waals surface area contributed by atoms with Crippen molar-refractivity contribution < 1.29 is 13.2 Å². The van der Waals surface area contributed by atoms with Crippen LogP contribution >= 0.6 is 0 Å². The standard InChI is InChI=1S/C16H24F3N/c1-12(2)11-20-9-8-15(3,4)13-6-5-7-14(10-13)16(17,18)19/h5-7,10,12,20H,8-9,11H2,1-4H3. The Morgan fingerprint density at radius 1 is 1.10 bits per heavy atom. The molecule has 0 radical (unpaired) electrons. The predicted molar refractivity (Wildman–Crippen MR) is 76.8 cm³/mol. The lowest BCUT2D eigenvalue weighted by Gasteiger charge is -2.26. The van der Waals surface area contributed by atoms with E-state index in [1.165, 1.54) is 12.1 Å². The third-order valence-corrected chi connectivity index (χ3v) is 3.45. The number of alkyl halides is 3. The van der Waals surface area contributed by atoms with Gasteiger partial charge in [0.25, 0.3) is 0 Å². The topological polar surface area (TPSA) is 12.0 Å². The zero-order valence-electron chi connectivity index (χ0n) is 12.6. The maximum atomic E-state index is 12.7. The minimum absolute atomic E-state index is 0.273. The second-order valence-electron chi connectivity index (χ2n) is 6.31. The Hall–Kier alpha value is -1.03. The summed E-state index contributed by atoms with van der Waals surface area (Å²) in [6.45, 7) is 9.97. The fraction of sp³-hybridized carbons (Fsp3) is 0.625. The summed E-state index contributed by atoms with van der Waals surface area (Å²) in [6, 6.07) is 5.65. The first-order chi connectivity index (χ1) is 9.13. The highest BCUT2D eigenvalue weighted by Gasteiger charge is 2.32. The van der Waals surface area contributed by atoms with E-state index in [0.717, 1.165) is 31.1 Å². The zero-order valence-corrected chi connectivity index (χ0v) is 12.6. The molecule has 0 aliphatic carbocycles. The van der Waals surface area contributed by atoms with E-state index in [0.29, 0.717) is 5.92 Å². The summed E-state index contributed by atoms with van der Waals surface area (Å²) in [5, 5.41) is 3.33. The van der Waals surface area contributed by atoms with Gasteiger partial charge in [-0.2, -0.15) is 13.2 Å². The largest absolute Gasteiger partial charge is 0.416 e. The van der Waals surface area contributed by atoms with Crippen LogP contribution in [0.2, 0.25) is 0 Å². The number of hydrogen-bond acceptors (Lipinski definition) is 1. The molecule has 114 valence electrons. The molecule has 0 amide bonds. The van der Waals surface area contributed by atoms with Crippen LogP contribution in [-0.4, -0.2) is 13.1 Å². The Balaban J connectivity index is 2.72. The monoisotopic (exact) mass is 287 g/mol. The Morgan fingerprint density at radius 3 is 2.25 bits per heavy atom. The molecule has 0 aliphatic heterocycles. The minimum Gasteiger partial charge on any atom is -0.316 e. The van der Waals surface area contributed by atoms with Crippen molar-refractivity contribution in [1.29, 1.82) is 0 Å². The van der Waals surface area contributed by atoms with Crippen molar-refractivity contribution in [3.63, 3.8) is 0 Å². The van der Waals surface area contributed by atoms with Gasteiger partial charge in [0.05, 0.1) is 5.56 Å². The normalized spacial score (nSPS) is 13.0. The van der Waals surface area contributed by atoms with Crippen molar-refractivity contribution in [3.05, 3.63) is 35.4 Å². The molecule has 0 aromatic heterocycles. The average molecular weight is 287 g/mol. The molecule has 0 saturated carbocycles. The fourth-order valence-electron chi connectivity index (χ4n) is 2.05. The molecule has 0 heterocycles. The van der Waals surface area contributed by atoms with Gasteiger partial charge in [0.2, 0.25) is 0 Å². The molecule has 1 aromatic carbocycles. The summed E-state index contributed by atoms with van der Waals surface area (Å²) in [6.07, 6.45) is -3.47. The fourth-order valence-corrected chi connectivity index (χ4v) is 2.05. The van der Waals surface area contributed by atoms with E-state index in [4.69, 9.17) is 0 Å². The Morgan fingerprint density at radius 2 is 1.70 bits per heavy atom. The van der Waals surface area contributed by atoms with Crippen LogP contribution in [0.15, 0.2) is 24.3 Å². The molecular weight excluding hydrogens is 263 g/mol. The van der Waals surface area contributed by atoms with Gasteiger partial charge in [0.15, 0.2) is 0 Å². The summed E-state index contributed by atoms with van der Waals surface area (Å²) in [7, 11) is 0. The molecule has 20 heavy (non-hydrogen) atoms. The van der Waals surface area contributed by atoms with Crippen molar-refractivity contribution in [2.24, 2.45) is 5.92 Å². The third kappa shape index (κ3) is 5.16. The molecule has 1 rings (SSSR count). The first-order valence-electron chi connectivity index (χ1n) is 7.01. The first kappa shape index (κ1) is 17.0. The van der Waals surface area contributed by atoms with Crippen LogP contribution in [0.4, 0.5) is 13.2 Å². The number of hydrogen-bond donors (Lipinski definition) is 1. The molecule has 1 aromatic rings. The lowest BCUT2D eigenvalue weighted by Crippen LogP contribution is -2.28. The average Bonchev–Trinajstić information content (AvgIpc) is 2.34. The Bertz CT molecular complexity index is 422. The zero-order chi connectivity index (χ0) is 15.4. The number of benzene rings is 1. The number of rotatable bonds is 6. The van der Waals surface area contributed by atoms with Crippen molar-refractivity contribution in [3.8, 4) is 0 Å². The molecule has 0 aliphatic rings. The summed E-state index contributed by atoms with van der Waals surface area (Å²) in [5.74, 6) is 0.576. The lowest BCUT2D eigenvalue weighted by molar-refractivity contribution is -0.137. The Kier molecular flexibility index (Phi) is 5.63. The van der Waals surface area contributed by atoms with Gasteiger partial charge in [-0.25, -0.2) is 0 Å². The highest BCUT2D eigenvalue weighted by molar-refractivity contribution is 5.30. The molecular formula is C16H24F3N. The van der Waals surface area contributed by atoms with Crippen molar-refractivity contribution in [2.45, 2.75) is 45.7 Å². The van der Waals surface area contributed by atoms with Crippen molar-refractivity contribution >= 4 is 0 Å². The van der Waals surface area contributed by atoms with Crippen LogP contribution in [0.1, 0.15) is 45.2 Å². The van der Waals surface area contributed by atoms with E-state index in [2.05, 4.69) is 19.2 Å². The van der Waals surface area contributed by atoms with Crippen LogP contribution in [0.25, 0.3) is 0 Å². The van der Waals surface area contributed by atoms with E-state index < -0.39 is 11.7 Å².